The van der Waals surface area contributed by atoms with E-state index in [9.17, 15) is 0 Å². The number of benzene rings is 2. The normalized spacial score (nSPS) is 11.7. The van der Waals surface area contributed by atoms with Gasteiger partial charge < -0.3 is 10.5 Å². The first-order chi connectivity index (χ1) is 10.1. The second-order valence-electron chi connectivity index (χ2n) is 4.79. The lowest BCUT2D eigenvalue weighted by Crippen LogP contribution is -2.08. The van der Waals surface area contributed by atoms with Gasteiger partial charge in [0.1, 0.15) is 12.4 Å². The van der Waals surface area contributed by atoms with E-state index in [0.29, 0.717) is 17.2 Å². The van der Waals surface area contributed by atoms with Crippen LogP contribution in [-0.2, 0) is 6.61 Å². The second-order valence-corrected chi connectivity index (χ2v) is 5.20. The van der Waals surface area contributed by atoms with E-state index in [-0.39, 0.29) is 6.04 Å². The van der Waals surface area contributed by atoms with Crippen LogP contribution in [0.5, 0.6) is 5.75 Å². The van der Waals surface area contributed by atoms with Crippen LogP contribution < -0.4 is 10.5 Å². The molecule has 2 aromatic carbocycles. The highest BCUT2D eigenvalue weighted by molar-refractivity contribution is 6.31. The largest absolute Gasteiger partial charge is 0.489 e. The van der Waals surface area contributed by atoms with Gasteiger partial charge in [-0.3, -0.25) is 0 Å². The molecule has 4 heteroatoms. The van der Waals surface area contributed by atoms with E-state index in [1.54, 1.807) is 12.1 Å². The molecule has 0 aliphatic carbocycles. The number of nitriles is 1. The zero-order valence-electron chi connectivity index (χ0n) is 11.8. The summed E-state index contributed by atoms with van der Waals surface area (Å²) in [6, 6.07) is 15.1. The first kappa shape index (κ1) is 15.4. The molecule has 0 saturated heterocycles. The minimum absolute atomic E-state index is 0.0621. The van der Waals surface area contributed by atoms with Gasteiger partial charge in [-0.15, -0.1) is 0 Å². The molecule has 1 atom stereocenters. The number of hydrogen-bond acceptors (Lipinski definition) is 3. The lowest BCUT2D eigenvalue weighted by molar-refractivity contribution is 0.306. The number of ether oxygens (including phenoxy) is 1. The van der Waals surface area contributed by atoms with Crippen LogP contribution in [0.15, 0.2) is 42.5 Å². The molecule has 0 spiro atoms. The Morgan fingerprint density at radius 2 is 1.95 bits per heavy atom. The van der Waals surface area contributed by atoms with E-state index in [1.165, 1.54) is 0 Å². The number of nitrogens with zero attached hydrogens (tertiary/aromatic N) is 1. The summed E-state index contributed by atoms with van der Waals surface area (Å²) >= 11 is 6.11. The molecule has 21 heavy (non-hydrogen) atoms. The third-order valence-electron chi connectivity index (χ3n) is 3.32. The van der Waals surface area contributed by atoms with Crippen LogP contribution in [0.1, 0.15) is 36.1 Å². The van der Waals surface area contributed by atoms with Gasteiger partial charge in [-0.05, 0) is 36.2 Å². The Kier molecular flexibility index (Phi) is 5.21. The van der Waals surface area contributed by atoms with Crippen LogP contribution in [0.25, 0.3) is 0 Å². The average Bonchev–Trinajstić information content (AvgIpc) is 2.53. The summed E-state index contributed by atoms with van der Waals surface area (Å²) in [6.07, 6.45) is 0.904. The molecule has 0 radical (unpaired) electrons. The highest BCUT2D eigenvalue weighted by Gasteiger charge is 2.05. The predicted octanol–water partition coefficient (Wildman–Crippen LogP) is 4.20. The predicted molar refractivity (Wildman–Crippen MR) is 84.2 cm³/mol. The fraction of sp³-hybridized carbons (Fsp3) is 0.235. The van der Waals surface area contributed by atoms with E-state index in [2.05, 4.69) is 13.0 Å². The van der Waals surface area contributed by atoms with Gasteiger partial charge in [0.15, 0.2) is 0 Å². The van der Waals surface area contributed by atoms with Gasteiger partial charge in [0.05, 0.1) is 11.6 Å². The summed E-state index contributed by atoms with van der Waals surface area (Å²) in [4.78, 5) is 0. The lowest BCUT2D eigenvalue weighted by atomic mass is 10.1. The molecule has 2 aromatic rings. The highest BCUT2D eigenvalue weighted by atomic mass is 35.5. The van der Waals surface area contributed by atoms with Crippen molar-refractivity contribution in [3.8, 4) is 11.8 Å². The van der Waals surface area contributed by atoms with Crippen molar-refractivity contribution in [2.45, 2.75) is 26.0 Å². The first-order valence-corrected chi connectivity index (χ1v) is 7.18. The number of rotatable bonds is 5. The summed E-state index contributed by atoms with van der Waals surface area (Å²) < 4.78 is 5.71. The molecule has 2 N–H and O–H groups in total. The van der Waals surface area contributed by atoms with Crippen LogP contribution in [-0.4, -0.2) is 0 Å². The van der Waals surface area contributed by atoms with Crippen molar-refractivity contribution in [2.75, 3.05) is 0 Å². The van der Waals surface area contributed by atoms with E-state index >= 15 is 0 Å². The van der Waals surface area contributed by atoms with Gasteiger partial charge in [0.25, 0.3) is 0 Å². The molecular formula is C17H17ClN2O. The summed E-state index contributed by atoms with van der Waals surface area (Å²) in [7, 11) is 0. The topological polar surface area (TPSA) is 59.0 Å². The molecule has 0 amide bonds. The molecular weight excluding hydrogens is 284 g/mol. The number of nitrogens with two attached hydrogens (primary N) is 1. The highest BCUT2D eigenvalue weighted by Crippen LogP contribution is 2.22. The molecule has 3 nitrogen and oxygen atoms in total. The third-order valence-corrected chi connectivity index (χ3v) is 3.68. The maximum absolute atomic E-state index is 8.80. The molecule has 2 rings (SSSR count). The fourth-order valence-electron chi connectivity index (χ4n) is 1.94. The van der Waals surface area contributed by atoms with Crippen molar-refractivity contribution in [1.82, 2.24) is 0 Å². The van der Waals surface area contributed by atoms with Gasteiger partial charge in [-0.1, -0.05) is 36.7 Å². The van der Waals surface area contributed by atoms with Crippen LogP contribution in [0, 0.1) is 11.3 Å². The SMILES string of the molecule is CC[C@H](N)c1ccc(OCc2ccc(C#N)cc2Cl)cc1. The Morgan fingerprint density at radius 1 is 1.24 bits per heavy atom. The third kappa shape index (κ3) is 3.98. The van der Waals surface area contributed by atoms with Crippen molar-refractivity contribution in [2.24, 2.45) is 5.73 Å². The van der Waals surface area contributed by atoms with Crippen LogP contribution in [0.3, 0.4) is 0 Å². The standard InChI is InChI=1S/C17H17ClN2O/c1-2-17(20)13-5-7-15(8-6-13)21-11-14-4-3-12(10-19)9-16(14)18/h3-9,17H,2,11,20H2,1H3/t17-/m0/s1. The average molecular weight is 301 g/mol. The molecule has 0 saturated carbocycles. The van der Waals surface area contributed by atoms with Gasteiger partial charge in [-0.25, -0.2) is 0 Å². The molecule has 0 heterocycles. The van der Waals surface area contributed by atoms with E-state index < -0.39 is 0 Å². The Hall–Kier alpha value is -2.02. The van der Waals surface area contributed by atoms with Crippen LogP contribution in [0.2, 0.25) is 5.02 Å². The van der Waals surface area contributed by atoms with Crippen LogP contribution >= 0.6 is 11.6 Å². The quantitative estimate of drug-likeness (QED) is 0.900. The first-order valence-electron chi connectivity index (χ1n) is 6.81. The molecule has 0 aliphatic heterocycles. The number of hydrogen-bond donors (Lipinski definition) is 1. The molecule has 0 fully saturated rings. The monoisotopic (exact) mass is 300 g/mol. The Morgan fingerprint density at radius 3 is 2.52 bits per heavy atom. The van der Waals surface area contributed by atoms with Crippen molar-refractivity contribution in [3.05, 3.63) is 64.2 Å². The van der Waals surface area contributed by atoms with E-state index in [0.717, 1.165) is 23.3 Å². The maximum atomic E-state index is 8.80. The Labute approximate surface area is 129 Å². The van der Waals surface area contributed by atoms with Crippen molar-refractivity contribution < 1.29 is 4.74 Å². The lowest BCUT2D eigenvalue weighted by Gasteiger charge is -2.11. The van der Waals surface area contributed by atoms with Crippen molar-refractivity contribution in [3.63, 3.8) is 0 Å². The molecule has 0 unspecified atom stereocenters. The molecule has 0 bridgehead atoms. The summed E-state index contributed by atoms with van der Waals surface area (Å²) in [5.41, 5.74) is 8.47. The Balaban J connectivity index is 2.02. The Bertz CT molecular complexity index is 647. The van der Waals surface area contributed by atoms with Gasteiger partial charge in [-0.2, -0.15) is 5.26 Å². The maximum Gasteiger partial charge on any atom is 0.119 e. The zero-order chi connectivity index (χ0) is 15.2. The summed E-state index contributed by atoms with van der Waals surface area (Å²) in [6.45, 7) is 2.42. The van der Waals surface area contributed by atoms with Gasteiger partial charge in [0.2, 0.25) is 0 Å². The zero-order valence-corrected chi connectivity index (χ0v) is 12.6. The molecule has 0 aromatic heterocycles. The second kappa shape index (κ2) is 7.12. The number of halogens is 1. The summed E-state index contributed by atoms with van der Waals surface area (Å²) in [5.74, 6) is 0.766. The smallest absolute Gasteiger partial charge is 0.119 e. The minimum atomic E-state index is 0.0621. The van der Waals surface area contributed by atoms with Gasteiger partial charge >= 0.3 is 0 Å². The fourth-order valence-corrected chi connectivity index (χ4v) is 2.18. The molecule has 0 aliphatic rings. The molecule has 108 valence electrons. The van der Waals surface area contributed by atoms with E-state index in [1.807, 2.05) is 30.3 Å². The van der Waals surface area contributed by atoms with E-state index in [4.69, 9.17) is 27.3 Å². The van der Waals surface area contributed by atoms with Gasteiger partial charge in [0, 0.05) is 16.6 Å². The minimum Gasteiger partial charge on any atom is -0.489 e. The van der Waals surface area contributed by atoms with Crippen molar-refractivity contribution >= 4 is 11.6 Å². The summed E-state index contributed by atoms with van der Waals surface area (Å²) in [5, 5.41) is 9.34. The van der Waals surface area contributed by atoms with Crippen LogP contribution in [0.4, 0.5) is 0 Å². The van der Waals surface area contributed by atoms with Crippen molar-refractivity contribution in [1.29, 1.82) is 5.26 Å².